The molecule has 2 aliphatic rings. The van der Waals surface area contributed by atoms with Gasteiger partial charge in [-0.1, -0.05) is 6.92 Å². The van der Waals surface area contributed by atoms with E-state index in [1.54, 1.807) is 0 Å². The summed E-state index contributed by atoms with van der Waals surface area (Å²) in [7, 11) is 1.85. The Morgan fingerprint density at radius 3 is 2.37 bits per heavy atom. The van der Waals surface area contributed by atoms with Gasteiger partial charge in [-0.05, 0) is 25.3 Å². The number of rotatable bonds is 6. The molecule has 2 N–H and O–H groups in total. The maximum atomic E-state index is 4.26. The predicted molar refractivity (Wildman–Crippen MR) is 80.6 cm³/mol. The van der Waals surface area contributed by atoms with E-state index >= 15 is 0 Å². The molecule has 0 spiro atoms. The fourth-order valence-electron chi connectivity index (χ4n) is 2.45. The van der Waals surface area contributed by atoms with E-state index in [0.29, 0.717) is 0 Å². The smallest absolute Gasteiger partial charge is 0.191 e. The lowest BCUT2D eigenvalue weighted by molar-refractivity contribution is 0.139. The van der Waals surface area contributed by atoms with Gasteiger partial charge in [-0.2, -0.15) is 0 Å². The zero-order valence-corrected chi connectivity index (χ0v) is 12.5. The Bertz CT molecular complexity index is 280. The molecule has 1 aliphatic carbocycles. The van der Waals surface area contributed by atoms with E-state index in [1.807, 2.05) is 7.05 Å². The average molecular weight is 267 g/mol. The molecule has 0 bridgehead atoms. The molecule has 1 heterocycles. The Balaban J connectivity index is 1.54. The van der Waals surface area contributed by atoms with Gasteiger partial charge in [-0.25, -0.2) is 0 Å². The van der Waals surface area contributed by atoms with Gasteiger partial charge in [0.15, 0.2) is 5.96 Å². The van der Waals surface area contributed by atoms with Crippen LogP contribution in [-0.4, -0.2) is 75.2 Å². The van der Waals surface area contributed by atoms with E-state index < -0.39 is 0 Å². The number of likely N-dealkylation sites (N-methyl/N-ethyl adjacent to an activating group) is 1. The van der Waals surface area contributed by atoms with Crippen molar-refractivity contribution >= 4 is 5.96 Å². The molecule has 0 aromatic heterocycles. The first-order valence-electron chi connectivity index (χ1n) is 7.71. The maximum absolute atomic E-state index is 4.26. The number of nitrogens with zero attached hydrogens (tertiary/aromatic N) is 3. The highest BCUT2D eigenvalue weighted by atomic mass is 15.3. The van der Waals surface area contributed by atoms with Crippen LogP contribution in [0.3, 0.4) is 0 Å². The van der Waals surface area contributed by atoms with Crippen molar-refractivity contribution in [3.63, 3.8) is 0 Å². The highest BCUT2D eigenvalue weighted by Gasteiger charge is 2.21. The molecular formula is C14H29N5. The van der Waals surface area contributed by atoms with Crippen molar-refractivity contribution in [1.82, 2.24) is 20.4 Å². The van der Waals surface area contributed by atoms with Gasteiger partial charge in [0.1, 0.15) is 0 Å². The minimum Gasteiger partial charge on any atom is -0.356 e. The number of guanidine groups is 1. The van der Waals surface area contributed by atoms with Crippen molar-refractivity contribution in [1.29, 1.82) is 0 Å². The third kappa shape index (κ3) is 5.37. The first-order chi connectivity index (χ1) is 9.31. The minimum atomic E-state index is 0.890. The summed E-state index contributed by atoms with van der Waals surface area (Å²) in [4.78, 5) is 9.31. The second kappa shape index (κ2) is 7.70. The van der Waals surface area contributed by atoms with Crippen LogP contribution >= 0.6 is 0 Å². The van der Waals surface area contributed by atoms with E-state index in [0.717, 1.165) is 31.5 Å². The molecule has 0 aromatic rings. The van der Waals surface area contributed by atoms with Crippen LogP contribution in [0.1, 0.15) is 19.8 Å². The summed E-state index contributed by atoms with van der Waals surface area (Å²) >= 11 is 0. The molecule has 0 aromatic carbocycles. The van der Waals surface area contributed by atoms with E-state index in [-0.39, 0.29) is 0 Å². The van der Waals surface area contributed by atoms with Crippen LogP contribution in [0, 0.1) is 5.92 Å². The van der Waals surface area contributed by atoms with Gasteiger partial charge in [-0.3, -0.25) is 9.89 Å². The van der Waals surface area contributed by atoms with Gasteiger partial charge < -0.3 is 15.5 Å². The van der Waals surface area contributed by atoms with Gasteiger partial charge in [0.25, 0.3) is 0 Å². The monoisotopic (exact) mass is 267 g/mol. The number of piperazine rings is 1. The van der Waals surface area contributed by atoms with Crippen molar-refractivity contribution in [2.45, 2.75) is 19.8 Å². The summed E-state index contributed by atoms with van der Waals surface area (Å²) in [6.45, 7) is 11.4. The Labute approximate surface area is 117 Å². The van der Waals surface area contributed by atoms with Crippen LogP contribution < -0.4 is 10.6 Å². The zero-order valence-electron chi connectivity index (χ0n) is 12.5. The maximum Gasteiger partial charge on any atom is 0.191 e. The first-order valence-corrected chi connectivity index (χ1v) is 7.71. The third-order valence-electron chi connectivity index (χ3n) is 4.11. The quantitative estimate of drug-likeness (QED) is 0.533. The van der Waals surface area contributed by atoms with Gasteiger partial charge in [0.2, 0.25) is 0 Å². The molecule has 1 saturated heterocycles. The number of nitrogens with one attached hydrogen (secondary N) is 2. The number of hydrogen-bond donors (Lipinski definition) is 2. The molecule has 5 nitrogen and oxygen atoms in total. The zero-order chi connectivity index (χ0) is 13.5. The lowest BCUT2D eigenvalue weighted by Crippen LogP contribution is -2.49. The Kier molecular flexibility index (Phi) is 5.92. The fourth-order valence-corrected chi connectivity index (χ4v) is 2.45. The Morgan fingerprint density at radius 2 is 1.79 bits per heavy atom. The molecule has 0 radical (unpaired) electrons. The highest BCUT2D eigenvalue weighted by molar-refractivity contribution is 5.79. The molecule has 0 amide bonds. The highest BCUT2D eigenvalue weighted by Crippen LogP contribution is 2.27. The summed E-state index contributed by atoms with van der Waals surface area (Å²) < 4.78 is 0. The summed E-state index contributed by atoms with van der Waals surface area (Å²) in [6, 6.07) is 0. The molecule has 1 saturated carbocycles. The van der Waals surface area contributed by atoms with Crippen LogP contribution in [0.5, 0.6) is 0 Å². The van der Waals surface area contributed by atoms with Crippen LogP contribution in [-0.2, 0) is 0 Å². The van der Waals surface area contributed by atoms with Crippen molar-refractivity contribution in [2.24, 2.45) is 10.9 Å². The number of hydrogen-bond acceptors (Lipinski definition) is 3. The summed E-state index contributed by atoms with van der Waals surface area (Å²) in [6.07, 6.45) is 2.76. The van der Waals surface area contributed by atoms with Crippen LogP contribution in [0.25, 0.3) is 0 Å². The van der Waals surface area contributed by atoms with Crippen molar-refractivity contribution < 1.29 is 0 Å². The topological polar surface area (TPSA) is 42.9 Å². The van der Waals surface area contributed by atoms with Crippen molar-refractivity contribution in [2.75, 3.05) is 59.4 Å². The van der Waals surface area contributed by atoms with E-state index in [9.17, 15) is 0 Å². The molecule has 110 valence electrons. The second-order valence-electron chi connectivity index (χ2n) is 5.60. The first kappa shape index (κ1) is 14.6. The summed E-state index contributed by atoms with van der Waals surface area (Å²) in [5.41, 5.74) is 0. The summed E-state index contributed by atoms with van der Waals surface area (Å²) in [5.74, 6) is 1.85. The van der Waals surface area contributed by atoms with Crippen LogP contribution in [0.4, 0.5) is 0 Å². The lowest BCUT2D eigenvalue weighted by atomic mass is 10.3. The summed E-state index contributed by atoms with van der Waals surface area (Å²) in [5, 5.41) is 6.81. The number of aliphatic imine (C=N–C) groups is 1. The molecule has 0 unspecified atom stereocenters. The lowest BCUT2D eigenvalue weighted by Gasteiger charge is -2.34. The van der Waals surface area contributed by atoms with Gasteiger partial charge >= 0.3 is 0 Å². The molecule has 5 heteroatoms. The van der Waals surface area contributed by atoms with Crippen LogP contribution in [0.15, 0.2) is 4.99 Å². The fraction of sp³-hybridized carbons (Fsp3) is 0.929. The molecule has 0 atom stereocenters. The molecular weight excluding hydrogens is 238 g/mol. The SMILES string of the molecule is CCN1CCN(CCNC(=NC)NCC2CC2)CC1. The second-order valence-corrected chi connectivity index (χ2v) is 5.60. The molecule has 2 rings (SSSR count). The van der Waals surface area contributed by atoms with E-state index in [1.165, 1.54) is 45.6 Å². The minimum absolute atomic E-state index is 0.890. The van der Waals surface area contributed by atoms with Gasteiger partial charge in [0.05, 0.1) is 0 Å². The van der Waals surface area contributed by atoms with Crippen molar-refractivity contribution in [3.05, 3.63) is 0 Å². The van der Waals surface area contributed by atoms with Crippen LogP contribution in [0.2, 0.25) is 0 Å². The normalized spacial score (nSPS) is 22.5. The Morgan fingerprint density at radius 1 is 1.11 bits per heavy atom. The standard InChI is InChI=1S/C14H29N5/c1-3-18-8-10-19(11-9-18)7-6-16-14(15-2)17-12-13-4-5-13/h13H,3-12H2,1-2H3,(H2,15,16,17). The Hall–Kier alpha value is -0.810. The third-order valence-corrected chi connectivity index (χ3v) is 4.11. The molecule has 2 fully saturated rings. The van der Waals surface area contributed by atoms with E-state index in [4.69, 9.17) is 0 Å². The van der Waals surface area contributed by atoms with Crippen molar-refractivity contribution in [3.8, 4) is 0 Å². The van der Waals surface area contributed by atoms with E-state index in [2.05, 4.69) is 32.3 Å². The average Bonchev–Trinajstić information content (AvgIpc) is 3.27. The van der Waals surface area contributed by atoms with Gasteiger partial charge in [-0.15, -0.1) is 0 Å². The van der Waals surface area contributed by atoms with Gasteiger partial charge in [0, 0.05) is 52.9 Å². The molecule has 19 heavy (non-hydrogen) atoms. The largest absolute Gasteiger partial charge is 0.356 e. The molecule has 1 aliphatic heterocycles. The predicted octanol–water partition coefficient (Wildman–Crippen LogP) is 0.199.